The molecule has 102 valence electrons. The van der Waals surface area contributed by atoms with Gasteiger partial charge in [0.05, 0.1) is 11.0 Å². The molecule has 0 bridgehead atoms. The molecule has 4 nitrogen and oxygen atoms in total. The molecule has 1 N–H and O–H groups in total. The van der Waals surface area contributed by atoms with Gasteiger partial charge in [0.25, 0.3) is 0 Å². The van der Waals surface area contributed by atoms with Crippen molar-refractivity contribution in [2.75, 3.05) is 19.4 Å². The van der Waals surface area contributed by atoms with Crippen molar-refractivity contribution in [1.29, 1.82) is 0 Å². The van der Waals surface area contributed by atoms with Crippen LogP contribution in [0.1, 0.15) is 19.4 Å². The van der Waals surface area contributed by atoms with Crippen molar-refractivity contribution < 1.29 is 13.2 Å². The van der Waals surface area contributed by atoms with Gasteiger partial charge in [-0.2, -0.15) is 0 Å². The maximum Gasteiger partial charge on any atom is 0.155 e. The molecule has 0 amide bonds. The van der Waals surface area contributed by atoms with Crippen molar-refractivity contribution in [3.63, 3.8) is 0 Å². The summed E-state index contributed by atoms with van der Waals surface area (Å²) in [6.07, 6.45) is 0. The van der Waals surface area contributed by atoms with Crippen LogP contribution in [0.15, 0.2) is 24.3 Å². The molecule has 0 aliphatic heterocycles. The topological polar surface area (TPSA) is 55.4 Å². The molecule has 0 heterocycles. The summed E-state index contributed by atoms with van der Waals surface area (Å²) in [4.78, 5) is 0. The average Bonchev–Trinajstić information content (AvgIpc) is 2.31. The van der Waals surface area contributed by atoms with E-state index in [-0.39, 0.29) is 17.6 Å². The van der Waals surface area contributed by atoms with Crippen LogP contribution in [0.2, 0.25) is 0 Å². The Morgan fingerprint density at radius 1 is 1.28 bits per heavy atom. The van der Waals surface area contributed by atoms with Crippen molar-refractivity contribution in [3.05, 3.63) is 29.8 Å². The number of hydrogen-bond acceptors (Lipinski definition) is 4. The number of nitrogens with one attached hydrogen (secondary N) is 1. The Hall–Kier alpha value is -1.07. The molecule has 0 aromatic heterocycles. The van der Waals surface area contributed by atoms with Gasteiger partial charge >= 0.3 is 0 Å². The smallest absolute Gasteiger partial charge is 0.155 e. The second-order valence-corrected chi connectivity index (χ2v) is 7.08. The highest BCUT2D eigenvalue weighted by atomic mass is 32.2. The van der Waals surface area contributed by atoms with Gasteiger partial charge in [0.1, 0.15) is 12.4 Å². The molecule has 0 unspecified atom stereocenters. The normalized spacial score (nSPS) is 11.8. The fourth-order valence-electron chi connectivity index (χ4n) is 1.48. The fraction of sp³-hybridized carbons (Fsp3) is 0.538. The van der Waals surface area contributed by atoms with Gasteiger partial charge in [-0.15, -0.1) is 0 Å². The van der Waals surface area contributed by atoms with Crippen molar-refractivity contribution in [2.24, 2.45) is 0 Å². The van der Waals surface area contributed by atoms with E-state index in [1.165, 1.54) is 0 Å². The summed E-state index contributed by atoms with van der Waals surface area (Å²) in [5.41, 5.74) is 1.03. The van der Waals surface area contributed by atoms with E-state index in [0.29, 0.717) is 6.54 Å². The lowest BCUT2D eigenvalue weighted by atomic mass is 10.2. The first kappa shape index (κ1) is 15.0. The minimum absolute atomic E-state index is 0.0541. The van der Waals surface area contributed by atoms with Gasteiger partial charge in [0, 0.05) is 12.1 Å². The van der Waals surface area contributed by atoms with Crippen LogP contribution in [-0.2, 0) is 16.4 Å². The van der Waals surface area contributed by atoms with E-state index in [9.17, 15) is 8.42 Å². The van der Waals surface area contributed by atoms with Gasteiger partial charge in [-0.05, 0) is 27.0 Å². The molecule has 1 aromatic rings. The third-order valence-electron chi connectivity index (χ3n) is 2.68. The molecule has 0 saturated carbocycles. The van der Waals surface area contributed by atoms with E-state index >= 15 is 0 Å². The van der Waals surface area contributed by atoms with Gasteiger partial charge in [-0.3, -0.25) is 0 Å². The van der Waals surface area contributed by atoms with Crippen LogP contribution in [0, 0.1) is 0 Å². The molecule has 0 spiro atoms. The van der Waals surface area contributed by atoms with Crippen LogP contribution in [0.5, 0.6) is 5.75 Å². The Morgan fingerprint density at radius 3 is 2.56 bits per heavy atom. The Morgan fingerprint density at radius 2 is 1.94 bits per heavy atom. The molecular weight excluding hydrogens is 250 g/mol. The van der Waals surface area contributed by atoms with Crippen LogP contribution in [-0.4, -0.2) is 33.1 Å². The highest BCUT2D eigenvalue weighted by Crippen LogP contribution is 2.17. The number of ether oxygens (including phenoxy) is 1. The monoisotopic (exact) mass is 271 g/mol. The van der Waals surface area contributed by atoms with Crippen molar-refractivity contribution in [1.82, 2.24) is 5.32 Å². The first-order valence-corrected chi connectivity index (χ1v) is 7.76. The van der Waals surface area contributed by atoms with E-state index in [2.05, 4.69) is 5.32 Å². The second-order valence-electron chi connectivity index (χ2n) is 4.40. The molecule has 0 aliphatic rings. The molecule has 18 heavy (non-hydrogen) atoms. The summed E-state index contributed by atoms with van der Waals surface area (Å²) in [5.74, 6) is 0.796. The molecule has 0 saturated heterocycles. The molecule has 5 heteroatoms. The maximum absolute atomic E-state index is 11.6. The zero-order valence-electron chi connectivity index (χ0n) is 11.1. The highest BCUT2D eigenvalue weighted by molar-refractivity contribution is 7.91. The number of sulfone groups is 1. The van der Waals surface area contributed by atoms with E-state index in [1.807, 2.05) is 31.3 Å². The predicted octanol–water partition coefficient (Wildman–Crippen LogP) is 1.61. The lowest BCUT2D eigenvalue weighted by Crippen LogP contribution is -2.22. The minimum atomic E-state index is -3.03. The molecule has 0 fully saturated rings. The third-order valence-corrected chi connectivity index (χ3v) is 4.86. The Kier molecular flexibility index (Phi) is 5.62. The zero-order chi connectivity index (χ0) is 13.6. The van der Waals surface area contributed by atoms with Crippen molar-refractivity contribution in [3.8, 4) is 5.75 Å². The summed E-state index contributed by atoms with van der Waals surface area (Å²) in [6.45, 7) is 4.27. The second kappa shape index (κ2) is 6.75. The molecule has 0 radical (unpaired) electrons. The van der Waals surface area contributed by atoms with Crippen molar-refractivity contribution in [2.45, 2.75) is 25.6 Å². The van der Waals surface area contributed by atoms with E-state index in [4.69, 9.17) is 4.74 Å². The highest BCUT2D eigenvalue weighted by Gasteiger charge is 2.16. The summed E-state index contributed by atoms with van der Waals surface area (Å²) < 4.78 is 28.8. The SMILES string of the molecule is CNCc1ccccc1OCCS(=O)(=O)C(C)C. The standard InChI is InChI=1S/C13H21NO3S/c1-11(2)18(15,16)9-8-17-13-7-5-4-6-12(13)10-14-3/h4-7,11,14H,8-10H2,1-3H3. The third kappa shape index (κ3) is 4.31. The molecular formula is C13H21NO3S. The van der Waals surface area contributed by atoms with E-state index in [1.54, 1.807) is 13.8 Å². The molecule has 0 atom stereocenters. The molecule has 1 aromatic carbocycles. The number of rotatable bonds is 7. The molecule has 1 rings (SSSR count). The first-order valence-electron chi connectivity index (χ1n) is 6.04. The minimum Gasteiger partial charge on any atom is -0.492 e. The number of benzene rings is 1. The first-order chi connectivity index (χ1) is 8.47. The summed E-state index contributed by atoms with van der Waals surface area (Å²) in [6, 6.07) is 7.63. The lowest BCUT2D eigenvalue weighted by molar-refractivity contribution is 0.336. The van der Waals surface area contributed by atoms with E-state index < -0.39 is 9.84 Å². The number of para-hydroxylation sites is 1. The average molecular weight is 271 g/mol. The lowest BCUT2D eigenvalue weighted by Gasteiger charge is -2.12. The Balaban J connectivity index is 2.59. The van der Waals surface area contributed by atoms with E-state index in [0.717, 1.165) is 11.3 Å². The van der Waals surface area contributed by atoms with Crippen LogP contribution in [0.3, 0.4) is 0 Å². The van der Waals surface area contributed by atoms with Crippen LogP contribution >= 0.6 is 0 Å². The largest absolute Gasteiger partial charge is 0.492 e. The zero-order valence-corrected chi connectivity index (χ0v) is 12.0. The van der Waals surface area contributed by atoms with Crippen molar-refractivity contribution >= 4 is 9.84 Å². The molecule has 0 aliphatic carbocycles. The predicted molar refractivity (Wildman–Crippen MR) is 73.6 cm³/mol. The van der Waals surface area contributed by atoms with Gasteiger partial charge in [0.15, 0.2) is 9.84 Å². The summed E-state index contributed by atoms with van der Waals surface area (Å²) in [5, 5.41) is 2.70. The summed E-state index contributed by atoms with van der Waals surface area (Å²) in [7, 11) is -1.17. The summed E-state index contributed by atoms with van der Waals surface area (Å²) >= 11 is 0. The van der Waals surface area contributed by atoms with Gasteiger partial charge in [0.2, 0.25) is 0 Å². The fourth-order valence-corrected chi connectivity index (χ4v) is 2.27. The van der Waals surface area contributed by atoms with Crippen LogP contribution in [0.4, 0.5) is 0 Å². The van der Waals surface area contributed by atoms with Gasteiger partial charge in [-0.1, -0.05) is 18.2 Å². The van der Waals surface area contributed by atoms with Crippen LogP contribution < -0.4 is 10.1 Å². The Bertz CT molecular complexity index is 469. The van der Waals surface area contributed by atoms with Gasteiger partial charge < -0.3 is 10.1 Å². The van der Waals surface area contributed by atoms with Crippen LogP contribution in [0.25, 0.3) is 0 Å². The quantitative estimate of drug-likeness (QED) is 0.818. The van der Waals surface area contributed by atoms with Gasteiger partial charge in [-0.25, -0.2) is 8.42 Å². The maximum atomic E-state index is 11.6. The Labute approximate surface area is 109 Å². The number of hydrogen-bond donors (Lipinski definition) is 1.